The van der Waals surface area contributed by atoms with Gasteiger partial charge in [-0.3, -0.25) is 4.99 Å². The third-order valence-electron chi connectivity index (χ3n) is 2.51. The van der Waals surface area contributed by atoms with Crippen LogP contribution in [0, 0.1) is 5.92 Å². The van der Waals surface area contributed by atoms with Crippen molar-refractivity contribution in [3.8, 4) is 0 Å². The third kappa shape index (κ3) is 5.22. The van der Waals surface area contributed by atoms with Gasteiger partial charge in [0, 0.05) is 30.9 Å². The highest BCUT2D eigenvalue weighted by Gasteiger charge is 2.07. The molecule has 1 aromatic rings. The second-order valence-electron chi connectivity index (χ2n) is 4.64. The number of hydrogen-bond donors (Lipinski definition) is 2. The number of hydrogen-bond acceptors (Lipinski definition) is 2. The van der Waals surface area contributed by atoms with E-state index in [2.05, 4.69) is 53.9 Å². The predicted octanol–water partition coefficient (Wildman–Crippen LogP) is 2.67. The van der Waals surface area contributed by atoms with Gasteiger partial charge in [0.05, 0.1) is 0 Å². The maximum absolute atomic E-state index is 4.21. The highest BCUT2D eigenvalue weighted by Crippen LogP contribution is 2.19. The highest BCUT2D eigenvalue weighted by molar-refractivity contribution is 7.10. The molecule has 0 saturated carbocycles. The predicted molar refractivity (Wildman–Crippen MR) is 76.9 cm³/mol. The lowest BCUT2D eigenvalue weighted by Gasteiger charge is -2.16. The second kappa shape index (κ2) is 7.33. The fourth-order valence-electron chi connectivity index (χ4n) is 1.44. The quantitative estimate of drug-likeness (QED) is 0.625. The van der Waals surface area contributed by atoms with Crippen molar-refractivity contribution in [1.29, 1.82) is 0 Å². The van der Waals surface area contributed by atoms with E-state index in [4.69, 9.17) is 0 Å². The normalized spacial score (nSPS) is 13.8. The lowest BCUT2D eigenvalue weighted by Crippen LogP contribution is -2.40. The van der Waals surface area contributed by atoms with Gasteiger partial charge in [-0.05, 0) is 17.4 Å². The van der Waals surface area contributed by atoms with Crippen LogP contribution < -0.4 is 10.6 Å². The van der Waals surface area contributed by atoms with Crippen LogP contribution in [0.5, 0.6) is 0 Å². The van der Waals surface area contributed by atoms with Gasteiger partial charge in [-0.1, -0.05) is 26.8 Å². The molecule has 0 aliphatic rings. The number of guanidine groups is 1. The lowest BCUT2D eigenvalue weighted by molar-refractivity contribution is 0.610. The molecule has 0 radical (unpaired) electrons. The van der Waals surface area contributed by atoms with Crippen molar-refractivity contribution in [1.82, 2.24) is 10.6 Å². The van der Waals surface area contributed by atoms with Crippen LogP contribution in [-0.4, -0.2) is 26.1 Å². The Hall–Kier alpha value is -1.03. The van der Waals surface area contributed by atoms with E-state index in [1.165, 1.54) is 4.88 Å². The van der Waals surface area contributed by atoms with Gasteiger partial charge < -0.3 is 10.6 Å². The summed E-state index contributed by atoms with van der Waals surface area (Å²) in [5, 5.41) is 8.79. The summed E-state index contributed by atoms with van der Waals surface area (Å²) in [6.07, 6.45) is 0. The van der Waals surface area contributed by atoms with Crippen LogP contribution >= 0.6 is 11.3 Å². The summed E-state index contributed by atoms with van der Waals surface area (Å²) >= 11 is 1.81. The zero-order valence-corrected chi connectivity index (χ0v) is 12.0. The second-order valence-corrected chi connectivity index (χ2v) is 5.62. The molecule has 1 aromatic heterocycles. The molecule has 2 N–H and O–H groups in total. The molecule has 1 heterocycles. The minimum Gasteiger partial charge on any atom is -0.356 e. The summed E-state index contributed by atoms with van der Waals surface area (Å²) in [6, 6.07) is 4.28. The van der Waals surface area contributed by atoms with Crippen molar-refractivity contribution in [3.05, 3.63) is 22.4 Å². The monoisotopic (exact) mass is 253 g/mol. The Morgan fingerprint density at radius 2 is 2.00 bits per heavy atom. The first kappa shape index (κ1) is 14.0. The first-order chi connectivity index (χ1) is 8.13. The summed E-state index contributed by atoms with van der Waals surface area (Å²) in [7, 11) is 1.81. The highest BCUT2D eigenvalue weighted by atomic mass is 32.1. The number of aliphatic imine (C=N–C) groups is 1. The van der Waals surface area contributed by atoms with Crippen molar-refractivity contribution in [2.24, 2.45) is 10.9 Å². The summed E-state index contributed by atoms with van der Waals surface area (Å²) in [6.45, 7) is 8.48. The average molecular weight is 253 g/mol. The van der Waals surface area contributed by atoms with Crippen LogP contribution in [0.3, 0.4) is 0 Å². The van der Waals surface area contributed by atoms with Crippen molar-refractivity contribution < 1.29 is 0 Å². The van der Waals surface area contributed by atoms with Crippen molar-refractivity contribution >= 4 is 17.3 Å². The van der Waals surface area contributed by atoms with Crippen LogP contribution in [0.25, 0.3) is 0 Å². The van der Waals surface area contributed by atoms with Crippen LogP contribution in [0.4, 0.5) is 0 Å². The number of thiophene rings is 1. The van der Waals surface area contributed by atoms with Crippen LogP contribution in [-0.2, 0) is 0 Å². The summed E-state index contributed by atoms with van der Waals surface area (Å²) in [5.41, 5.74) is 0. The zero-order chi connectivity index (χ0) is 12.7. The largest absolute Gasteiger partial charge is 0.356 e. The van der Waals surface area contributed by atoms with Gasteiger partial charge in [-0.15, -0.1) is 11.3 Å². The smallest absolute Gasteiger partial charge is 0.191 e. The molecule has 0 spiro atoms. The molecule has 0 aromatic carbocycles. The summed E-state index contributed by atoms with van der Waals surface area (Å²) < 4.78 is 0. The zero-order valence-electron chi connectivity index (χ0n) is 11.2. The van der Waals surface area contributed by atoms with Gasteiger partial charge in [0.2, 0.25) is 0 Å². The topological polar surface area (TPSA) is 36.4 Å². The van der Waals surface area contributed by atoms with E-state index in [0.29, 0.717) is 11.8 Å². The van der Waals surface area contributed by atoms with Crippen LogP contribution in [0.1, 0.15) is 31.6 Å². The molecule has 0 amide bonds. The first-order valence-electron chi connectivity index (χ1n) is 6.11. The number of nitrogens with one attached hydrogen (secondary N) is 2. The van der Waals surface area contributed by atoms with E-state index in [9.17, 15) is 0 Å². The summed E-state index contributed by atoms with van der Waals surface area (Å²) in [5.74, 6) is 2.04. The van der Waals surface area contributed by atoms with Crippen molar-refractivity contribution in [3.63, 3.8) is 0 Å². The molecule has 17 heavy (non-hydrogen) atoms. The number of rotatable bonds is 5. The average Bonchev–Trinajstić information content (AvgIpc) is 2.82. The third-order valence-corrected chi connectivity index (χ3v) is 3.61. The van der Waals surface area contributed by atoms with Crippen molar-refractivity contribution in [2.45, 2.75) is 26.7 Å². The Bertz CT molecular complexity index is 330. The molecule has 1 atom stereocenters. The molecule has 96 valence electrons. The fraction of sp³-hybridized carbons (Fsp3) is 0.615. The van der Waals surface area contributed by atoms with Gasteiger partial charge in [-0.2, -0.15) is 0 Å². The van der Waals surface area contributed by atoms with E-state index in [1.807, 2.05) is 18.4 Å². The van der Waals surface area contributed by atoms with Gasteiger partial charge in [-0.25, -0.2) is 0 Å². The minimum absolute atomic E-state index is 0.521. The van der Waals surface area contributed by atoms with Gasteiger partial charge in [0.15, 0.2) is 5.96 Å². The molecule has 0 saturated heterocycles. The Kier molecular flexibility index (Phi) is 6.05. The lowest BCUT2D eigenvalue weighted by atomic mass is 10.1. The maximum Gasteiger partial charge on any atom is 0.191 e. The summed E-state index contributed by atoms with van der Waals surface area (Å²) in [4.78, 5) is 5.62. The first-order valence-corrected chi connectivity index (χ1v) is 6.99. The van der Waals surface area contributed by atoms with E-state index in [0.717, 1.165) is 19.0 Å². The Labute approximate surface area is 108 Å². The van der Waals surface area contributed by atoms with Gasteiger partial charge >= 0.3 is 0 Å². The molecule has 0 bridgehead atoms. The molecule has 3 nitrogen and oxygen atoms in total. The van der Waals surface area contributed by atoms with Gasteiger partial charge in [0.1, 0.15) is 0 Å². The standard InChI is InChI=1S/C13H23N3S/c1-10(2)8-15-13(14-4)16-9-11(3)12-6-5-7-17-12/h5-7,10-11H,8-9H2,1-4H3,(H2,14,15,16). The Morgan fingerprint density at radius 3 is 2.53 bits per heavy atom. The molecule has 1 rings (SSSR count). The molecule has 0 fully saturated rings. The molecule has 0 aliphatic heterocycles. The van der Waals surface area contributed by atoms with Gasteiger partial charge in [0.25, 0.3) is 0 Å². The van der Waals surface area contributed by atoms with E-state index < -0.39 is 0 Å². The molecular weight excluding hydrogens is 230 g/mol. The van der Waals surface area contributed by atoms with E-state index in [1.54, 1.807) is 0 Å². The van der Waals surface area contributed by atoms with Crippen LogP contribution in [0.2, 0.25) is 0 Å². The van der Waals surface area contributed by atoms with Crippen molar-refractivity contribution in [2.75, 3.05) is 20.1 Å². The Morgan fingerprint density at radius 1 is 1.29 bits per heavy atom. The SMILES string of the molecule is CN=C(NCC(C)C)NCC(C)c1cccs1. The molecule has 1 unspecified atom stereocenters. The fourth-order valence-corrected chi connectivity index (χ4v) is 2.23. The molecule has 4 heteroatoms. The van der Waals surface area contributed by atoms with E-state index >= 15 is 0 Å². The number of nitrogens with zero attached hydrogens (tertiary/aromatic N) is 1. The van der Waals surface area contributed by atoms with Crippen LogP contribution in [0.15, 0.2) is 22.5 Å². The maximum atomic E-state index is 4.21. The minimum atomic E-state index is 0.521. The Balaban J connectivity index is 2.33. The molecular formula is C13H23N3S. The molecule has 0 aliphatic carbocycles. The van der Waals surface area contributed by atoms with E-state index in [-0.39, 0.29) is 0 Å².